The lowest BCUT2D eigenvalue weighted by Gasteiger charge is -2.22. The average Bonchev–Trinajstić information content (AvgIpc) is 3.93. The molecule has 2 aliphatic rings. The molecule has 2 nitrogen and oxygen atoms in total. The number of hydrogen-bond donors (Lipinski definition) is 0. The molecule has 65 heavy (non-hydrogen) atoms. The highest BCUT2D eigenvalue weighted by atomic mass is 15.0. The van der Waals surface area contributed by atoms with Crippen molar-refractivity contribution in [3.8, 4) is 78.1 Å². The minimum absolute atomic E-state index is 0.0649. The number of aromatic nitrogens is 2. The summed E-state index contributed by atoms with van der Waals surface area (Å²) in [6.07, 6.45) is 0. The first-order valence-electron chi connectivity index (χ1n) is 22.8. The SMILES string of the molecule is CC1(C)c2ccccc2-c2ccc(-n3c4ccccc4c4cc(-c5ccc(-c6cc7c8c(c6)c6ccccc6n8-c6ccc(-c8ccccc8)cc6-c6ccccc6-7)cc5)ccc43)cc21. The monoisotopic (exact) mass is 826 g/mol. The maximum absolute atomic E-state index is 2.51. The molecule has 1 aliphatic carbocycles. The zero-order chi connectivity index (χ0) is 43.0. The third kappa shape index (κ3) is 5.17. The maximum atomic E-state index is 2.51. The molecule has 0 N–H and O–H groups in total. The minimum atomic E-state index is -0.0649. The van der Waals surface area contributed by atoms with E-state index in [0.29, 0.717) is 0 Å². The van der Waals surface area contributed by atoms with E-state index in [4.69, 9.17) is 0 Å². The Bertz CT molecular complexity index is 3950. The van der Waals surface area contributed by atoms with Crippen LogP contribution >= 0.6 is 0 Å². The van der Waals surface area contributed by atoms with Crippen LogP contribution in [-0.2, 0) is 5.41 Å². The zero-order valence-electron chi connectivity index (χ0n) is 36.2. The molecule has 1 aliphatic heterocycles. The van der Waals surface area contributed by atoms with Gasteiger partial charge in [0.2, 0.25) is 0 Å². The van der Waals surface area contributed by atoms with Gasteiger partial charge in [-0.25, -0.2) is 0 Å². The molecule has 0 saturated heterocycles. The first-order chi connectivity index (χ1) is 32.0. The lowest BCUT2D eigenvalue weighted by Crippen LogP contribution is -2.15. The minimum Gasteiger partial charge on any atom is -0.309 e. The average molecular weight is 827 g/mol. The Kier molecular flexibility index (Phi) is 7.49. The van der Waals surface area contributed by atoms with Gasteiger partial charge in [-0.2, -0.15) is 0 Å². The molecular formula is C63H42N2. The summed E-state index contributed by atoms with van der Waals surface area (Å²) in [6.45, 7) is 4.72. The first-order valence-corrected chi connectivity index (χ1v) is 22.8. The Labute approximate surface area is 377 Å². The molecule has 0 atom stereocenters. The summed E-state index contributed by atoms with van der Waals surface area (Å²) in [5, 5.41) is 5.06. The lowest BCUT2D eigenvalue weighted by atomic mass is 9.82. The fourth-order valence-corrected chi connectivity index (χ4v) is 11.5. The van der Waals surface area contributed by atoms with Gasteiger partial charge in [0.05, 0.1) is 27.8 Å². The molecule has 0 unspecified atom stereocenters. The van der Waals surface area contributed by atoms with Crippen LogP contribution in [-0.4, -0.2) is 9.13 Å². The van der Waals surface area contributed by atoms with E-state index in [1.165, 1.54) is 133 Å². The van der Waals surface area contributed by atoms with E-state index < -0.39 is 0 Å². The topological polar surface area (TPSA) is 9.86 Å². The van der Waals surface area contributed by atoms with Crippen LogP contribution in [0.4, 0.5) is 0 Å². The van der Waals surface area contributed by atoms with Crippen LogP contribution in [0.15, 0.2) is 218 Å². The molecule has 0 amide bonds. The highest BCUT2D eigenvalue weighted by Crippen LogP contribution is 2.51. The molecule has 0 bridgehead atoms. The van der Waals surface area contributed by atoms with Crippen LogP contribution in [0, 0.1) is 0 Å². The standard InChI is InChI=1S/C63H42N2/c1-63(2)56-21-11-8-18-48(56)49-31-30-45(38-57(49)63)64-58-22-12-9-19-50(58)53-35-43(28-32-60(53)64)40-24-26-41(27-25-40)44-36-54-47-17-7-6-16-46(47)52-34-42(39-14-4-3-5-15-39)29-33-61(52)65-59-23-13-10-20-51(59)55(37-44)62(54)65/h3-38H,1-2H3. The molecule has 304 valence electrons. The van der Waals surface area contributed by atoms with Crippen molar-refractivity contribution in [2.75, 3.05) is 0 Å². The molecule has 3 heterocycles. The normalized spacial score (nSPS) is 13.2. The van der Waals surface area contributed by atoms with Crippen molar-refractivity contribution in [2.24, 2.45) is 0 Å². The van der Waals surface area contributed by atoms with E-state index in [2.05, 4.69) is 241 Å². The smallest absolute Gasteiger partial charge is 0.0620 e. The van der Waals surface area contributed by atoms with Crippen LogP contribution in [0.3, 0.4) is 0 Å². The molecule has 0 spiro atoms. The van der Waals surface area contributed by atoms with Gasteiger partial charge in [-0.1, -0.05) is 172 Å². The highest BCUT2D eigenvalue weighted by Gasteiger charge is 2.35. The van der Waals surface area contributed by atoms with E-state index in [1.54, 1.807) is 0 Å². The molecule has 0 radical (unpaired) electrons. The molecule has 10 aromatic carbocycles. The van der Waals surface area contributed by atoms with Crippen molar-refractivity contribution in [2.45, 2.75) is 19.3 Å². The van der Waals surface area contributed by atoms with Crippen LogP contribution in [0.2, 0.25) is 0 Å². The van der Waals surface area contributed by atoms with Crippen molar-refractivity contribution in [1.29, 1.82) is 0 Å². The molecule has 0 fully saturated rings. The third-order valence-corrected chi connectivity index (χ3v) is 14.7. The summed E-state index contributed by atoms with van der Waals surface area (Å²) < 4.78 is 4.96. The zero-order valence-corrected chi connectivity index (χ0v) is 36.2. The number of rotatable bonds is 4. The van der Waals surface area contributed by atoms with Crippen molar-refractivity contribution < 1.29 is 0 Å². The number of fused-ring (bicyclic) bond motifs is 14. The van der Waals surface area contributed by atoms with Gasteiger partial charge in [0.1, 0.15) is 0 Å². The number of nitrogens with zero attached hydrogens (tertiary/aromatic N) is 2. The summed E-state index contributed by atoms with van der Waals surface area (Å²) in [5.41, 5.74) is 25.0. The van der Waals surface area contributed by atoms with Crippen LogP contribution in [0.1, 0.15) is 25.0 Å². The van der Waals surface area contributed by atoms with E-state index in [-0.39, 0.29) is 5.41 Å². The fraction of sp³-hybridized carbons (Fsp3) is 0.0476. The fourth-order valence-electron chi connectivity index (χ4n) is 11.5. The van der Waals surface area contributed by atoms with Crippen LogP contribution in [0.25, 0.3) is 122 Å². The van der Waals surface area contributed by atoms with Crippen molar-refractivity contribution in [3.63, 3.8) is 0 Å². The van der Waals surface area contributed by atoms with Crippen molar-refractivity contribution >= 4 is 43.6 Å². The van der Waals surface area contributed by atoms with Gasteiger partial charge in [0, 0.05) is 43.8 Å². The summed E-state index contributed by atoms with van der Waals surface area (Å²) in [6, 6.07) is 81.5. The second-order valence-electron chi connectivity index (χ2n) is 18.5. The maximum Gasteiger partial charge on any atom is 0.0620 e. The molecule has 0 saturated carbocycles. The molecule has 14 rings (SSSR count). The van der Waals surface area contributed by atoms with E-state index in [1.807, 2.05) is 0 Å². The number of para-hydroxylation sites is 2. The Morgan fingerprint density at radius 3 is 1.60 bits per heavy atom. The van der Waals surface area contributed by atoms with Crippen molar-refractivity contribution in [1.82, 2.24) is 9.13 Å². The van der Waals surface area contributed by atoms with Gasteiger partial charge in [0.25, 0.3) is 0 Å². The summed E-state index contributed by atoms with van der Waals surface area (Å²) in [5.74, 6) is 0. The first kappa shape index (κ1) is 36.3. The molecule has 2 heteroatoms. The molecular weight excluding hydrogens is 785 g/mol. The summed E-state index contributed by atoms with van der Waals surface area (Å²) >= 11 is 0. The predicted molar refractivity (Wildman–Crippen MR) is 273 cm³/mol. The summed E-state index contributed by atoms with van der Waals surface area (Å²) in [7, 11) is 0. The second kappa shape index (κ2) is 13.4. The van der Waals surface area contributed by atoms with Gasteiger partial charge < -0.3 is 9.13 Å². The Morgan fingerprint density at radius 1 is 0.292 bits per heavy atom. The van der Waals surface area contributed by atoms with E-state index in [9.17, 15) is 0 Å². The highest BCUT2D eigenvalue weighted by molar-refractivity contribution is 6.18. The molecule has 12 aromatic rings. The third-order valence-electron chi connectivity index (χ3n) is 14.7. The largest absolute Gasteiger partial charge is 0.309 e. The Morgan fingerprint density at radius 2 is 0.815 bits per heavy atom. The van der Waals surface area contributed by atoms with E-state index >= 15 is 0 Å². The number of hydrogen-bond acceptors (Lipinski definition) is 0. The van der Waals surface area contributed by atoms with Crippen molar-refractivity contribution in [3.05, 3.63) is 230 Å². The molecule has 2 aromatic heterocycles. The summed E-state index contributed by atoms with van der Waals surface area (Å²) in [4.78, 5) is 0. The van der Waals surface area contributed by atoms with Gasteiger partial charge in [-0.05, 0) is 127 Å². The van der Waals surface area contributed by atoms with Gasteiger partial charge in [0.15, 0.2) is 0 Å². The number of benzene rings is 10. The van der Waals surface area contributed by atoms with Crippen LogP contribution in [0.5, 0.6) is 0 Å². The van der Waals surface area contributed by atoms with Gasteiger partial charge >= 0.3 is 0 Å². The Balaban J connectivity index is 0.884. The Hall–Kier alpha value is -8.20. The lowest BCUT2D eigenvalue weighted by molar-refractivity contribution is 0.660. The quantitative estimate of drug-likeness (QED) is 0.167. The van der Waals surface area contributed by atoms with E-state index in [0.717, 1.165) is 0 Å². The van der Waals surface area contributed by atoms with Gasteiger partial charge in [-0.3, -0.25) is 0 Å². The second-order valence-corrected chi connectivity index (χ2v) is 18.5. The van der Waals surface area contributed by atoms with Crippen LogP contribution < -0.4 is 0 Å². The predicted octanol–water partition coefficient (Wildman–Crippen LogP) is 16.8. The van der Waals surface area contributed by atoms with Gasteiger partial charge in [-0.15, -0.1) is 0 Å².